The van der Waals surface area contributed by atoms with Crippen LogP contribution in [0.1, 0.15) is 12.0 Å². The van der Waals surface area contributed by atoms with Crippen molar-refractivity contribution in [2.24, 2.45) is 7.05 Å². The second-order valence-corrected chi connectivity index (χ2v) is 8.44. The molecule has 176 valence electrons. The number of terminal acetylenes is 1. The summed E-state index contributed by atoms with van der Waals surface area (Å²) in [6.45, 7) is 0.589. The number of fused-ring (bicyclic) bond motifs is 1. The maximum absolute atomic E-state index is 12.0. The van der Waals surface area contributed by atoms with Crippen LogP contribution in [0, 0.1) is 12.3 Å². The first-order valence-corrected chi connectivity index (χ1v) is 11.3. The molecule has 2 atom stereocenters. The summed E-state index contributed by atoms with van der Waals surface area (Å²) in [7, 11) is 3.51. The van der Waals surface area contributed by atoms with E-state index in [9.17, 15) is 4.79 Å². The molecule has 1 fully saturated rings. The van der Waals surface area contributed by atoms with Gasteiger partial charge in [0.05, 0.1) is 17.8 Å². The molecule has 0 bridgehead atoms. The van der Waals surface area contributed by atoms with E-state index in [1.165, 1.54) is 0 Å². The van der Waals surface area contributed by atoms with Crippen molar-refractivity contribution < 1.29 is 9.53 Å². The first kappa shape index (κ1) is 22.4. The molecular weight excluding hydrogens is 442 g/mol. The van der Waals surface area contributed by atoms with Crippen molar-refractivity contribution in [2.45, 2.75) is 18.6 Å². The van der Waals surface area contributed by atoms with E-state index in [1.54, 1.807) is 24.1 Å². The van der Waals surface area contributed by atoms with Crippen LogP contribution in [0.15, 0.2) is 55.0 Å². The fraction of sp³-hybridized carbons (Fsp3) is 0.231. The van der Waals surface area contributed by atoms with Gasteiger partial charge in [-0.3, -0.25) is 9.48 Å². The lowest BCUT2D eigenvalue weighted by Crippen LogP contribution is -2.38. The van der Waals surface area contributed by atoms with Crippen molar-refractivity contribution in [3.05, 3.63) is 60.6 Å². The summed E-state index contributed by atoms with van der Waals surface area (Å²) in [5.41, 5.74) is 4.24. The summed E-state index contributed by atoms with van der Waals surface area (Å²) >= 11 is 0. The molecule has 5 rings (SSSR count). The third kappa shape index (κ3) is 4.93. The maximum atomic E-state index is 12.0. The number of carbonyl (C=O) groups is 1. The predicted molar refractivity (Wildman–Crippen MR) is 134 cm³/mol. The van der Waals surface area contributed by atoms with Crippen LogP contribution in [0.3, 0.4) is 0 Å². The maximum Gasteiger partial charge on any atom is 0.237 e. The number of aryl methyl sites for hydroxylation is 1. The summed E-state index contributed by atoms with van der Waals surface area (Å²) in [5, 5.41) is 14.3. The topological polar surface area (TPSA) is 106 Å². The number of rotatable bonds is 6. The lowest BCUT2D eigenvalue weighted by Gasteiger charge is -2.16. The minimum Gasteiger partial charge on any atom is -0.489 e. The SMILES string of the molecule is C#Cc1ccc2nc(Nc3cc(O[C@@H]4CN[C@H](C(=O)NC)C4)cc(-c4cnn(C)c4)c3)ncc2c1. The van der Waals surface area contributed by atoms with Crippen molar-refractivity contribution in [3.8, 4) is 29.2 Å². The van der Waals surface area contributed by atoms with Crippen molar-refractivity contribution in [1.82, 2.24) is 30.4 Å². The van der Waals surface area contributed by atoms with Gasteiger partial charge in [0.15, 0.2) is 0 Å². The highest BCUT2D eigenvalue weighted by Gasteiger charge is 2.30. The molecule has 0 radical (unpaired) electrons. The third-order valence-electron chi connectivity index (χ3n) is 5.90. The van der Waals surface area contributed by atoms with Crippen LogP contribution in [-0.2, 0) is 11.8 Å². The molecule has 0 spiro atoms. The van der Waals surface area contributed by atoms with Gasteiger partial charge in [0.1, 0.15) is 11.9 Å². The molecule has 0 unspecified atom stereocenters. The molecule has 3 N–H and O–H groups in total. The molecule has 1 amide bonds. The van der Waals surface area contributed by atoms with Crippen molar-refractivity contribution >= 4 is 28.4 Å². The molecule has 0 saturated carbocycles. The number of amides is 1. The largest absolute Gasteiger partial charge is 0.489 e. The number of hydrogen-bond acceptors (Lipinski definition) is 7. The smallest absolute Gasteiger partial charge is 0.237 e. The number of nitrogens with one attached hydrogen (secondary N) is 3. The van der Waals surface area contributed by atoms with Gasteiger partial charge in [0.2, 0.25) is 11.9 Å². The number of anilines is 2. The van der Waals surface area contributed by atoms with E-state index in [0.29, 0.717) is 24.7 Å². The lowest BCUT2D eigenvalue weighted by molar-refractivity contribution is -0.122. The van der Waals surface area contributed by atoms with E-state index in [-0.39, 0.29) is 18.1 Å². The average molecular weight is 468 g/mol. The highest BCUT2D eigenvalue weighted by molar-refractivity contribution is 5.82. The van der Waals surface area contributed by atoms with Crippen LogP contribution in [0.4, 0.5) is 11.6 Å². The van der Waals surface area contributed by atoms with E-state index in [1.807, 2.05) is 49.6 Å². The van der Waals surface area contributed by atoms with Gasteiger partial charge in [-0.25, -0.2) is 9.97 Å². The van der Waals surface area contributed by atoms with Crippen LogP contribution in [-0.4, -0.2) is 51.4 Å². The zero-order valence-corrected chi connectivity index (χ0v) is 19.4. The molecule has 1 aliphatic heterocycles. The molecule has 1 aliphatic rings. The minimum atomic E-state index is -0.259. The lowest BCUT2D eigenvalue weighted by atomic mass is 10.1. The van der Waals surface area contributed by atoms with Crippen LogP contribution in [0.2, 0.25) is 0 Å². The van der Waals surface area contributed by atoms with Gasteiger partial charge in [-0.1, -0.05) is 5.92 Å². The third-order valence-corrected chi connectivity index (χ3v) is 5.90. The molecule has 4 aromatic rings. The predicted octanol–water partition coefficient (Wildman–Crippen LogP) is 2.61. The second kappa shape index (κ2) is 9.44. The van der Waals surface area contributed by atoms with E-state index < -0.39 is 0 Å². The van der Waals surface area contributed by atoms with Gasteiger partial charge >= 0.3 is 0 Å². The first-order valence-electron chi connectivity index (χ1n) is 11.3. The van der Waals surface area contributed by atoms with Crippen LogP contribution in [0.25, 0.3) is 22.0 Å². The summed E-state index contributed by atoms with van der Waals surface area (Å²) in [6, 6.07) is 11.2. The number of nitrogens with zero attached hydrogens (tertiary/aromatic N) is 4. The number of carbonyl (C=O) groups excluding carboxylic acids is 1. The Bertz CT molecular complexity index is 1440. The molecule has 9 heteroatoms. The Hall–Kier alpha value is -4.42. The fourth-order valence-corrected chi connectivity index (χ4v) is 4.15. The Kier molecular flexibility index (Phi) is 6.04. The number of benzene rings is 2. The fourth-order valence-electron chi connectivity index (χ4n) is 4.15. The summed E-state index contributed by atoms with van der Waals surface area (Å²) in [4.78, 5) is 21.0. The van der Waals surface area contributed by atoms with Crippen molar-refractivity contribution in [3.63, 3.8) is 0 Å². The zero-order chi connectivity index (χ0) is 24.4. The Labute approximate surface area is 202 Å². The number of aromatic nitrogens is 4. The van der Waals surface area contributed by atoms with Gasteiger partial charge in [-0.15, -0.1) is 6.42 Å². The zero-order valence-electron chi connectivity index (χ0n) is 19.4. The number of ether oxygens (including phenoxy) is 1. The van der Waals surface area contributed by atoms with E-state index in [0.717, 1.165) is 33.3 Å². The van der Waals surface area contributed by atoms with Crippen LogP contribution >= 0.6 is 0 Å². The van der Waals surface area contributed by atoms with Crippen LogP contribution < -0.4 is 20.7 Å². The molecule has 9 nitrogen and oxygen atoms in total. The monoisotopic (exact) mass is 467 g/mol. The molecule has 3 heterocycles. The highest BCUT2D eigenvalue weighted by atomic mass is 16.5. The van der Waals surface area contributed by atoms with E-state index in [2.05, 4.69) is 36.9 Å². The Morgan fingerprint density at radius 2 is 2.11 bits per heavy atom. The average Bonchev–Trinajstić information content (AvgIpc) is 3.52. The van der Waals surface area contributed by atoms with Gasteiger partial charge in [0, 0.05) is 67.7 Å². The molecular formula is C26H25N7O2. The Morgan fingerprint density at radius 1 is 1.23 bits per heavy atom. The first-order chi connectivity index (χ1) is 17.0. The van der Waals surface area contributed by atoms with E-state index in [4.69, 9.17) is 11.2 Å². The second-order valence-electron chi connectivity index (χ2n) is 8.44. The normalized spacial score (nSPS) is 17.2. The minimum absolute atomic E-state index is 0.0367. The molecule has 35 heavy (non-hydrogen) atoms. The molecule has 2 aromatic heterocycles. The Balaban J connectivity index is 1.43. The van der Waals surface area contributed by atoms with Gasteiger partial charge in [-0.05, 0) is 35.9 Å². The standard InChI is InChI=1S/C26H25N7O2/c1-4-16-5-6-23-18(7-16)12-29-26(32-23)31-20-8-17(19-13-30-33(3)15-19)9-21(10-20)35-22-11-24(28-14-22)25(34)27-2/h1,5-10,12-13,15,22,24,28H,11,14H2,2-3H3,(H,27,34)(H,29,31,32)/t22-,24-/m0/s1. The molecule has 0 aliphatic carbocycles. The summed E-state index contributed by atoms with van der Waals surface area (Å²) in [5.74, 6) is 3.73. The number of hydrogen-bond donors (Lipinski definition) is 3. The van der Waals surface area contributed by atoms with Gasteiger partial charge in [-0.2, -0.15) is 5.10 Å². The summed E-state index contributed by atoms with van der Waals surface area (Å²) < 4.78 is 8.03. The van der Waals surface area contributed by atoms with Crippen LogP contribution in [0.5, 0.6) is 5.75 Å². The van der Waals surface area contributed by atoms with E-state index >= 15 is 0 Å². The van der Waals surface area contributed by atoms with Crippen molar-refractivity contribution in [2.75, 3.05) is 18.9 Å². The van der Waals surface area contributed by atoms with Gasteiger partial charge < -0.3 is 20.7 Å². The van der Waals surface area contributed by atoms with Crippen molar-refractivity contribution in [1.29, 1.82) is 0 Å². The quantitative estimate of drug-likeness (QED) is 0.374. The summed E-state index contributed by atoms with van der Waals surface area (Å²) in [6.07, 6.45) is 11.4. The Morgan fingerprint density at radius 3 is 2.89 bits per heavy atom. The highest BCUT2D eigenvalue weighted by Crippen LogP contribution is 2.31. The molecule has 2 aromatic carbocycles. The number of likely N-dealkylation sites (N-methyl/N-ethyl adjacent to an activating group) is 1. The van der Waals surface area contributed by atoms with Gasteiger partial charge in [0.25, 0.3) is 0 Å². The molecule has 1 saturated heterocycles.